The number of hydrogen-bond acceptors (Lipinski definition) is 2. The maximum absolute atomic E-state index is 10.8. The van der Waals surface area contributed by atoms with Crippen molar-refractivity contribution in [1.82, 2.24) is 0 Å². The Morgan fingerprint density at radius 2 is 2.18 bits per heavy atom. The summed E-state index contributed by atoms with van der Waals surface area (Å²) in [5.41, 5.74) is 0. The first kappa shape index (κ1) is 10.5. The van der Waals surface area contributed by atoms with Crippen LogP contribution in [0, 0.1) is 6.92 Å². The van der Waals surface area contributed by atoms with E-state index in [1.165, 1.54) is 0 Å². The molecule has 0 fully saturated rings. The van der Waals surface area contributed by atoms with Crippen LogP contribution in [0.25, 0.3) is 0 Å². The molecule has 64 valence electrons. The molecule has 0 spiro atoms. The molecular formula is C9H16O2. The monoisotopic (exact) mass is 156 g/mol. The third kappa shape index (κ3) is 7.37. The van der Waals surface area contributed by atoms with Crippen molar-refractivity contribution in [1.29, 1.82) is 0 Å². The smallest absolute Gasteiger partial charge is 0.305 e. The molecule has 0 saturated heterocycles. The van der Waals surface area contributed by atoms with Crippen LogP contribution >= 0.6 is 0 Å². The van der Waals surface area contributed by atoms with Gasteiger partial charge in [0.05, 0.1) is 6.61 Å². The Labute approximate surface area is 68.9 Å². The molecule has 0 bridgehead atoms. The highest BCUT2D eigenvalue weighted by Gasteiger charge is 1.99. The highest BCUT2D eigenvalue weighted by atomic mass is 16.5. The van der Waals surface area contributed by atoms with Gasteiger partial charge in [-0.3, -0.25) is 4.79 Å². The minimum atomic E-state index is -0.121. The molecule has 0 heterocycles. The molecule has 0 saturated carbocycles. The molecule has 2 heteroatoms. The van der Waals surface area contributed by atoms with Gasteiger partial charge in [-0.05, 0) is 26.2 Å². The minimum absolute atomic E-state index is 0.121. The van der Waals surface area contributed by atoms with Crippen molar-refractivity contribution in [2.24, 2.45) is 0 Å². The van der Waals surface area contributed by atoms with Crippen molar-refractivity contribution in [3.63, 3.8) is 0 Å². The van der Waals surface area contributed by atoms with Gasteiger partial charge in [0.1, 0.15) is 0 Å². The van der Waals surface area contributed by atoms with E-state index in [1.807, 2.05) is 0 Å². The molecule has 0 aromatic carbocycles. The normalized spacial score (nSPS) is 9.64. The summed E-state index contributed by atoms with van der Waals surface area (Å²) >= 11 is 0. The number of hydrogen-bond donors (Lipinski definition) is 0. The Balaban J connectivity index is 3.09. The molecule has 2 nitrogen and oxygen atoms in total. The fourth-order valence-electron chi connectivity index (χ4n) is 0.649. The van der Waals surface area contributed by atoms with Crippen molar-refractivity contribution < 1.29 is 9.53 Å². The summed E-state index contributed by atoms with van der Waals surface area (Å²) in [5, 5.41) is 0. The van der Waals surface area contributed by atoms with Gasteiger partial charge < -0.3 is 4.74 Å². The highest BCUT2D eigenvalue weighted by Crippen LogP contribution is 1.97. The molecule has 11 heavy (non-hydrogen) atoms. The Kier molecular flexibility index (Phi) is 7.21. The Morgan fingerprint density at radius 3 is 2.73 bits per heavy atom. The van der Waals surface area contributed by atoms with Gasteiger partial charge in [-0.1, -0.05) is 13.3 Å². The van der Waals surface area contributed by atoms with Gasteiger partial charge in [-0.25, -0.2) is 0 Å². The van der Waals surface area contributed by atoms with E-state index in [4.69, 9.17) is 11.7 Å². The van der Waals surface area contributed by atoms with Crippen LogP contribution in [0.4, 0.5) is 0 Å². The summed E-state index contributed by atoms with van der Waals surface area (Å²) in [6.07, 6.45) is 3.76. The fourth-order valence-corrected chi connectivity index (χ4v) is 0.649. The van der Waals surface area contributed by atoms with E-state index in [1.54, 1.807) is 0 Å². The number of carbonyl (C=O) groups is 1. The Bertz CT molecular complexity index is 99.7. The maximum atomic E-state index is 10.8. The molecular weight excluding hydrogens is 140 g/mol. The van der Waals surface area contributed by atoms with E-state index in [2.05, 4.69) is 6.92 Å². The maximum Gasteiger partial charge on any atom is 0.305 e. The first-order valence-electron chi connectivity index (χ1n) is 4.17. The van der Waals surface area contributed by atoms with E-state index < -0.39 is 0 Å². The zero-order chi connectivity index (χ0) is 8.53. The number of carbonyl (C=O) groups excluding carboxylic acids is 1. The fraction of sp³-hybridized carbons (Fsp3) is 0.778. The molecule has 2 radical (unpaired) electrons. The van der Waals surface area contributed by atoms with Crippen molar-refractivity contribution in [3.05, 3.63) is 6.92 Å². The molecule has 0 N–H and O–H groups in total. The summed E-state index contributed by atoms with van der Waals surface area (Å²) in [6, 6.07) is 0. The average molecular weight is 156 g/mol. The van der Waals surface area contributed by atoms with Crippen molar-refractivity contribution in [2.75, 3.05) is 6.61 Å². The largest absolute Gasteiger partial charge is 0.466 e. The zero-order valence-corrected chi connectivity index (χ0v) is 7.14. The van der Waals surface area contributed by atoms with Gasteiger partial charge in [0.15, 0.2) is 0 Å². The van der Waals surface area contributed by atoms with Gasteiger partial charge >= 0.3 is 5.97 Å². The SMILES string of the molecule is [CH]CCCC(=O)OCCCC. The number of rotatable bonds is 6. The number of unbranched alkanes of at least 4 members (excludes halogenated alkanes) is 2. The Morgan fingerprint density at radius 1 is 1.45 bits per heavy atom. The second kappa shape index (κ2) is 7.58. The molecule has 0 aliphatic carbocycles. The lowest BCUT2D eigenvalue weighted by Gasteiger charge is -2.01. The van der Waals surface area contributed by atoms with E-state index in [0.29, 0.717) is 19.4 Å². The molecule has 0 rings (SSSR count). The third-order valence-corrected chi connectivity index (χ3v) is 1.35. The highest BCUT2D eigenvalue weighted by molar-refractivity contribution is 5.69. The van der Waals surface area contributed by atoms with Gasteiger partial charge in [-0.15, -0.1) is 0 Å². The minimum Gasteiger partial charge on any atom is -0.466 e. The summed E-state index contributed by atoms with van der Waals surface area (Å²) in [5.74, 6) is -0.121. The molecule has 0 aromatic heterocycles. The third-order valence-electron chi connectivity index (χ3n) is 1.35. The quantitative estimate of drug-likeness (QED) is 0.435. The summed E-state index contributed by atoms with van der Waals surface area (Å²) in [4.78, 5) is 10.8. The first-order chi connectivity index (χ1) is 5.31. The average Bonchev–Trinajstić information content (AvgIpc) is 2.01. The predicted octanol–water partition coefficient (Wildman–Crippen LogP) is 2.21. The van der Waals surface area contributed by atoms with E-state index in [9.17, 15) is 4.79 Å². The van der Waals surface area contributed by atoms with Gasteiger partial charge in [-0.2, -0.15) is 0 Å². The lowest BCUT2D eigenvalue weighted by atomic mass is 10.2. The van der Waals surface area contributed by atoms with Crippen molar-refractivity contribution in [2.45, 2.75) is 39.0 Å². The van der Waals surface area contributed by atoms with Crippen LogP contribution in [0.3, 0.4) is 0 Å². The van der Waals surface area contributed by atoms with Gasteiger partial charge in [0.25, 0.3) is 0 Å². The molecule has 0 amide bonds. The van der Waals surface area contributed by atoms with Gasteiger partial charge in [0, 0.05) is 6.42 Å². The topological polar surface area (TPSA) is 26.3 Å². The summed E-state index contributed by atoms with van der Waals surface area (Å²) < 4.78 is 4.89. The second-order valence-corrected chi connectivity index (χ2v) is 2.47. The van der Waals surface area contributed by atoms with Crippen LogP contribution in [0.15, 0.2) is 0 Å². The molecule has 0 aromatic rings. The van der Waals surface area contributed by atoms with Gasteiger partial charge in [0.2, 0.25) is 0 Å². The predicted molar refractivity (Wildman–Crippen MR) is 44.0 cm³/mol. The second-order valence-electron chi connectivity index (χ2n) is 2.47. The van der Waals surface area contributed by atoms with Crippen molar-refractivity contribution >= 4 is 5.97 Å². The Hall–Kier alpha value is -0.530. The molecule has 0 unspecified atom stereocenters. The number of ether oxygens (including phenoxy) is 1. The number of esters is 1. The van der Waals surface area contributed by atoms with E-state index >= 15 is 0 Å². The van der Waals surface area contributed by atoms with Crippen LogP contribution in [-0.2, 0) is 9.53 Å². The van der Waals surface area contributed by atoms with Crippen LogP contribution in [0.2, 0.25) is 0 Å². The van der Waals surface area contributed by atoms with E-state index in [0.717, 1.165) is 19.3 Å². The molecule has 0 aliphatic rings. The summed E-state index contributed by atoms with van der Waals surface area (Å²) in [7, 11) is 0. The standard InChI is InChI=1S/C9H16O2/c1-3-5-7-9(10)11-8-6-4-2/h1H,3-8H2,2H3. The van der Waals surface area contributed by atoms with Crippen LogP contribution in [-0.4, -0.2) is 12.6 Å². The van der Waals surface area contributed by atoms with Crippen LogP contribution < -0.4 is 0 Å². The summed E-state index contributed by atoms with van der Waals surface area (Å²) in [6.45, 7) is 7.84. The van der Waals surface area contributed by atoms with Crippen molar-refractivity contribution in [3.8, 4) is 0 Å². The first-order valence-corrected chi connectivity index (χ1v) is 4.17. The zero-order valence-electron chi connectivity index (χ0n) is 7.14. The lowest BCUT2D eigenvalue weighted by Crippen LogP contribution is -2.04. The molecule has 0 atom stereocenters. The van der Waals surface area contributed by atoms with Crippen LogP contribution in [0.1, 0.15) is 39.0 Å². The van der Waals surface area contributed by atoms with E-state index in [-0.39, 0.29) is 5.97 Å². The van der Waals surface area contributed by atoms with Crippen LogP contribution in [0.5, 0.6) is 0 Å². The molecule has 0 aliphatic heterocycles. The lowest BCUT2D eigenvalue weighted by molar-refractivity contribution is -0.143.